The Balaban J connectivity index is 1.58. The van der Waals surface area contributed by atoms with Gasteiger partial charge < -0.3 is 15.1 Å². The number of rotatable bonds is 3. The monoisotopic (exact) mass is 307 g/mol. The number of piperazine rings is 2. The number of hydrogen-bond acceptors (Lipinski definition) is 4. The molecule has 1 aromatic heterocycles. The molecule has 1 N–H and O–H groups in total. The van der Waals surface area contributed by atoms with E-state index in [1.807, 2.05) is 16.8 Å². The number of nitrogens with one attached hydrogen (secondary N) is 1. The number of aryl methyl sites for hydroxylation is 1. The summed E-state index contributed by atoms with van der Waals surface area (Å²) in [7, 11) is 0. The van der Waals surface area contributed by atoms with Crippen molar-refractivity contribution in [2.45, 2.75) is 18.9 Å². The number of nitrogens with zero attached hydrogens (tertiary/aromatic N) is 2. The summed E-state index contributed by atoms with van der Waals surface area (Å²) in [5.41, 5.74) is 1.16. The number of thiophene rings is 1. The Morgan fingerprint density at radius 1 is 1.38 bits per heavy atom. The third-order valence-corrected chi connectivity index (χ3v) is 4.71. The lowest BCUT2D eigenvalue weighted by atomic mass is 10.1. The molecule has 2 aliphatic heterocycles. The first kappa shape index (κ1) is 14.1. The first-order valence-electron chi connectivity index (χ1n) is 7.01. The molecule has 7 heteroatoms. The third kappa shape index (κ3) is 2.92. The number of carbonyl (C=O) groups excluding carboxylic acids is 3. The number of hydrogen-bond donors (Lipinski definition) is 1. The third-order valence-electron chi connectivity index (χ3n) is 3.98. The Morgan fingerprint density at radius 2 is 2.24 bits per heavy atom. The first-order valence-corrected chi connectivity index (χ1v) is 7.95. The standard InChI is InChI=1S/C14H17N3O3S/c18-12(2-1-10-3-6-21-9-10)16-4-5-17-11(8-16)14(20)15-7-13(17)19/h3,6,9,11H,1-2,4-5,7-8H2,(H,15,20). The van der Waals surface area contributed by atoms with Crippen molar-refractivity contribution in [3.05, 3.63) is 22.4 Å². The number of carbonyl (C=O) groups is 3. The van der Waals surface area contributed by atoms with Gasteiger partial charge >= 0.3 is 0 Å². The van der Waals surface area contributed by atoms with Gasteiger partial charge in [-0.3, -0.25) is 14.4 Å². The van der Waals surface area contributed by atoms with Crippen LogP contribution in [-0.4, -0.2) is 59.7 Å². The van der Waals surface area contributed by atoms with Crippen LogP contribution >= 0.6 is 11.3 Å². The van der Waals surface area contributed by atoms with Crippen LogP contribution in [0.5, 0.6) is 0 Å². The maximum Gasteiger partial charge on any atom is 0.245 e. The zero-order chi connectivity index (χ0) is 14.8. The highest BCUT2D eigenvalue weighted by Gasteiger charge is 2.39. The van der Waals surface area contributed by atoms with Crippen molar-refractivity contribution in [2.24, 2.45) is 0 Å². The lowest BCUT2D eigenvalue weighted by Gasteiger charge is -2.42. The highest BCUT2D eigenvalue weighted by Crippen LogP contribution is 2.15. The second kappa shape index (κ2) is 5.85. The zero-order valence-corrected chi connectivity index (χ0v) is 12.4. The maximum absolute atomic E-state index is 12.3. The van der Waals surface area contributed by atoms with Crippen molar-refractivity contribution >= 4 is 29.1 Å². The van der Waals surface area contributed by atoms with E-state index in [1.54, 1.807) is 21.1 Å². The Morgan fingerprint density at radius 3 is 3.00 bits per heavy atom. The Hall–Kier alpha value is -1.89. The fraction of sp³-hybridized carbons (Fsp3) is 0.500. The summed E-state index contributed by atoms with van der Waals surface area (Å²) in [6.07, 6.45) is 1.16. The molecule has 0 aliphatic carbocycles. The van der Waals surface area contributed by atoms with Gasteiger partial charge in [-0.25, -0.2) is 0 Å². The van der Waals surface area contributed by atoms with Crippen LogP contribution in [0.25, 0.3) is 0 Å². The molecule has 0 radical (unpaired) electrons. The predicted molar refractivity (Wildman–Crippen MR) is 77.7 cm³/mol. The highest BCUT2D eigenvalue weighted by molar-refractivity contribution is 7.07. The van der Waals surface area contributed by atoms with Crippen LogP contribution in [-0.2, 0) is 20.8 Å². The molecule has 0 aromatic carbocycles. The van der Waals surface area contributed by atoms with Gasteiger partial charge in [0.2, 0.25) is 17.7 Å². The van der Waals surface area contributed by atoms with E-state index in [9.17, 15) is 14.4 Å². The number of fused-ring (bicyclic) bond motifs is 1. The zero-order valence-electron chi connectivity index (χ0n) is 11.6. The summed E-state index contributed by atoms with van der Waals surface area (Å²) in [5, 5.41) is 6.61. The van der Waals surface area contributed by atoms with Gasteiger partial charge in [-0.1, -0.05) is 0 Å². The Bertz CT molecular complexity index is 558. The molecule has 112 valence electrons. The average Bonchev–Trinajstić information content (AvgIpc) is 3.02. The smallest absolute Gasteiger partial charge is 0.245 e. The van der Waals surface area contributed by atoms with Crippen molar-refractivity contribution < 1.29 is 14.4 Å². The lowest BCUT2D eigenvalue weighted by Crippen LogP contribution is -2.66. The van der Waals surface area contributed by atoms with Crippen molar-refractivity contribution in [2.75, 3.05) is 26.2 Å². The molecule has 3 rings (SSSR count). The topological polar surface area (TPSA) is 69.7 Å². The molecule has 21 heavy (non-hydrogen) atoms. The molecule has 2 saturated heterocycles. The molecular formula is C14H17N3O3S. The fourth-order valence-corrected chi connectivity index (χ4v) is 3.46. The van der Waals surface area contributed by atoms with E-state index in [0.29, 0.717) is 26.1 Å². The molecule has 3 heterocycles. The van der Waals surface area contributed by atoms with Crippen LogP contribution in [0.2, 0.25) is 0 Å². The Kier molecular flexibility index (Phi) is 3.92. The van der Waals surface area contributed by atoms with Gasteiger partial charge in [-0.2, -0.15) is 11.3 Å². The minimum atomic E-state index is -0.523. The molecule has 1 atom stereocenters. The fourth-order valence-electron chi connectivity index (χ4n) is 2.76. The summed E-state index contributed by atoms with van der Waals surface area (Å²) < 4.78 is 0. The summed E-state index contributed by atoms with van der Waals surface area (Å²) in [6.45, 7) is 1.33. The van der Waals surface area contributed by atoms with Gasteiger partial charge in [0.1, 0.15) is 6.04 Å². The largest absolute Gasteiger partial charge is 0.345 e. The molecule has 0 saturated carbocycles. The quantitative estimate of drug-likeness (QED) is 0.844. The number of amides is 3. The molecule has 2 aliphatic rings. The van der Waals surface area contributed by atoms with E-state index in [1.165, 1.54) is 0 Å². The van der Waals surface area contributed by atoms with Crippen LogP contribution in [0.1, 0.15) is 12.0 Å². The molecule has 1 unspecified atom stereocenters. The summed E-state index contributed by atoms with van der Waals surface area (Å²) in [6, 6.07) is 1.49. The van der Waals surface area contributed by atoms with E-state index in [4.69, 9.17) is 0 Å². The van der Waals surface area contributed by atoms with Crippen LogP contribution in [0.15, 0.2) is 16.8 Å². The van der Waals surface area contributed by atoms with Gasteiger partial charge in [-0.15, -0.1) is 0 Å². The minimum absolute atomic E-state index is 0.0478. The SMILES string of the molecule is O=C1NCC(=O)N2CCN(C(=O)CCc3ccsc3)CC12. The lowest BCUT2D eigenvalue weighted by molar-refractivity contribution is -0.152. The molecule has 3 amide bonds. The van der Waals surface area contributed by atoms with E-state index in [-0.39, 0.29) is 24.3 Å². The van der Waals surface area contributed by atoms with Gasteiger partial charge in [0.25, 0.3) is 0 Å². The predicted octanol–water partition coefficient (Wildman–Crippen LogP) is -0.150. The van der Waals surface area contributed by atoms with Crippen LogP contribution in [0.4, 0.5) is 0 Å². The summed E-state index contributed by atoms with van der Waals surface area (Å²) in [4.78, 5) is 39.1. The molecule has 6 nitrogen and oxygen atoms in total. The average molecular weight is 307 g/mol. The van der Waals surface area contributed by atoms with Crippen molar-refractivity contribution in [1.82, 2.24) is 15.1 Å². The van der Waals surface area contributed by atoms with E-state index in [2.05, 4.69) is 5.32 Å². The van der Waals surface area contributed by atoms with Gasteiger partial charge in [-0.05, 0) is 28.8 Å². The van der Waals surface area contributed by atoms with Crippen LogP contribution < -0.4 is 5.32 Å². The molecule has 0 bridgehead atoms. The van der Waals surface area contributed by atoms with Gasteiger partial charge in [0.05, 0.1) is 13.1 Å². The Labute approximate surface area is 126 Å². The van der Waals surface area contributed by atoms with Crippen molar-refractivity contribution in [3.63, 3.8) is 0 Å². The maximum atomic E-state index is 12.3. The van der Waals surface area contributed by atoms with E-state index in [0.717, 1.165) is 12.0 Å². The first-order chi connectivity index (χ1) is 10.1. The minimum Gasteiger partial charge on any atom is -0.345 e. The van der Waals surface area contributed by atoms with Crippen LogP contribution in [0.3, 0.4) is 0 Å². The summed E-state index contributed by atoms with van der Waals surface area (Å²) >= 11 is 1.62. The normalized spacial score (nSPS) is 22.0. The highest BCUT2D eigenvalue weighted by atomic mass is 32.1. The summed E-state index contributed by atoms with van der Waals surface area (Å²) in [5.74, 6) is -0.179. The molecule has 2 fully saturated rings. The van der Waals surface area contributed by atoms with Crippen LogP contribution in [0, 0.1) is 0 Å². The molecule has 0 spiro atoms. The van der Waals surface area contributed by atoms with E-state index < -0.39 is 6.04 Å². The molecular weight excluding hydrogens is 290 g/mol. The second-order valence-corrected chi connectivity index (χ2v) is 6.07. The van der Waals surface area contributed by atoms with Gasteiger partial charge in [0, 0.05) is 19.5 Å². The van der Waals surface area contributed by atoms with Gasteiger partial charge in [0.15, 0.2) is 0 Å². The second-order valence-electron chi connectivity index (χ2n) is 5.29. The molecule has 1 aromatic rings. The van der Waals surface area contributed by atoms with Crippen molar-refractivity contribution in [3.8, 4) is 0 Å². The van der Waals surface area contributed by atoms with Crippen molar-refractivity contribution in [1.29, 1.82) is 0 Å². The van der Waals surface area contributed by atoms with E-state index >= 15 is 0 Å².